The minimum absolute atomic E-state index is 0. The molecule has 6 rings (SSSR count). The van der Waals surface area contributed by atoms with Crippen LogP contribution in [0.25, 0.3) is 0 Å². The van der Waals surface area contributed by atoms with Gasteiger partial charge in [-0.05, 0) is 48.5 Å². The maximum Gasteiger partial charge on any atom is 0.397 e. The molecule has 4 fully saturated rings. The number of ether oxygens (including phenoxy) is 6. The van der Waals surface area contributed by atoms with E-state index in [0.717, 1.165) is 48.5 Å². The molecule has 0 bridgehead atoms. The Labute approximate surface area is 1090 Å². The van der Waals surface area contributed by atoms with Crippen LogP contribution in [0, 0.1) is 0 Å². The molecule has 96 heteroatoms. The molecule has 4 aliphatic rings. The average Bonchev–Trinajstić information content (AvgIpc) is 0.755. The van der Waals surface area contributed by atoms with E-state index in [9.17, 15) is 191 Å². The summed E-state index contributed by atoms with van der Waals surface area (Å²) >= 11 is 0.0969. The Hall–Kier alpha value is 10.0. The Morgan fingerprint density at radius 2 is 0.422 bits per heavy atom. The Morgan fingerprint density at radius 3 is 0.622 bits per heavy atom. The molecule has 0 spiro atoms. The van der Waals surface area contributed by atoms with Crippen molar-refractivity contribution in [2.24, 2.45) is 0 Å². The van der Waals surface area contributed by atoms with E-state index < -0.39 is 311 Å². The summed E-state index contributed by atoms with van der Waals surface area (Å²) < 4.78 is 568. The Bertz CT molecular complexity index is 5460. The molecule has 4 heterocycles. The van der Waals surface area contributed by atoms with Gasteiger partial charge in [0.25, 0.3) is 0 Å². The standard InChI is InChI=1S/C39H54N2O64S16.14Na/c42-22(40-14-1-5-16(6-2-14)106-38-34(104-120(80,81)82)28(98-114(62,63)64)24(18(92-38)10-86-108(44,45)46)94-36-32(102-118(74,75)76)30(100-116(68,69)70)26(96-112(56,57)58)20(90-36)12-88-110(50,51)52)9-23(43)41-15-3-7-17(8-4-15)107-39-35(105-121(83,84)85)29(99-115(65,66)67)25(19(93-39)11-87-109(47,48)49)95-37-33(103-119(77,78)79)31(101-117(71,72)73)27(97-113(59,60)61)21(91-37)13-89-111(53,54)55;;;;;;;;;;;;;;/h1-8,18-21,24-39H,9-13H2,(H,40,42)(H,41,43)(H,44,45,46)(H,47,48,49)(H,50,51,52)(H,53,54,55)(H,56,57,58)(H,59,60,61)(H,62,63,64)(H,65,66,67)(H,68,69,70)(H,71,72,73)(H,74,75,76)(H,77,78,79)(H,80,81,82)(H,83,84,85);;;;;;;;;;;;;;/t18-,19-,20-,21-,24-,25-,26-,27-,28+,29+,30+,31+,32-,33-,34-,35-,36-,37-,38+,39+;;;;;;;;;;;;;;/m1............../s1. The monoisotopic (exact) mass is 2410 g/mol. The number of anilines is 2. The molecular weight excluding hydrogens is 2360 g/mol. The summed E-state index contributed by atoms with van der Waals surface area (Å²) in [5, 5.41) is 4.37. The zero-order chi connectivity index (χ0) is 92.2. The predicted molar refractivity (Wildman–Crippen MR) is 446 cm³/mol. The van der Waals surface area contributed by atoms with Crippen molar-refractivity contribution in [2.75, 3.05) is 37.1 Å². The molecule has 4 aliphatic heterocycles. The second kappa shape index (κ2) is 67.4. The zero-order valence-corrected chi connectivity index (χ0v) is 112. The van der Waals surface area contributed by atoms with Crippen molar-refractivity contribution in [3.8, 4) is 0 Å². The molecule has 20 atom stereocenters. The number of carbonyl (C=O) groups excluding carboxylic acids is 2. The fourth-order valence-electron chi connectivity index (χ4n) is 10.3. The number of benzene rings is 2. The van der Waals surface area contributed by atoms with Crippen molar-refractivity contribution >= 4 is 606 Å². The van der Waals surface area contributed by atoms with Gasteiger partial charge in [-0.15, -0.1) is 0 Å². The number of amides is 2. The van der Waals surface area contributed by atoms with E-state index in [4.69, 9.17) is 28.4 Å². The van der Waals surface area contributed by atoms with Crippen LogP contribution in [0.1, 0.15) is 6.42 Å². The van der Waals surface area contributed by atoms with Crippen LogP contribution in [0.15, 0.2) is 58.3 Å². The SMILES string of the molecule is O=C(CC(=O)Nc1ccc(S[C@@H]2O[C@H](COS(=O)(=O)O)[C@@H](O[C@H]3O[C@H](COS(=O)(=O)O)[C@@H](OS(=O)(=O)O)[C@H](OS(=O)(=O)O)[C@H]3OS(=O)(=O)O)[C@H](OS(=O)(=O)O)[C@H]2OS(=O)(=O)O)cc1)Nc1ccc(S[C@@H]2O[C@H](COS(=O)(=O)O)[C@@H](O[C@H]3O[C@H](COS(=O)(=O)O)[C@@H](OS(=O)(=O)O)[C@H](OS(=O)(=O)O)[C@H]3OS(=O)(=O)O)[C@H](OS(=O)(=O)O)[C@H]2OS(=O)(=O)O)cc1.[Na].[Na].[Na].[Na].[Na].[Na].[Na].[Na].[Na].[Na].[Na].[Na].[Na].[Na]. The molecule has 2 amide bonds. The maximum absolute atomic E-state index is 13.2. The van der Waals surface area contributed by atoms with Crippen LogP contribution in [0.2, 0.25) is 0 Å². The number of rotatable bonds is 44. The molecular formula is C39H54N2Na14O64S16. The molecule has 135 heavy (non-hydrogen) atoms. The number of carbonyl (C=O) groups is 2. The summed E-state index contributed by atoms with van der Waals surface area (Å²) in [6, 6.07) is 7.30. The van der Waals surface area contributed by atoms with Crippen LogP contribution in [0.3, 0.4) is 0 Å². The molecule has 66 nitrogen and oxygen atoms in total. The Kier molecular flexibility index (Phi) is 81.2. The van der Waals surface area contributed by atoms with E-state index in [2.05, 4.69) is 69.2 Å². The van der Waals surface area contributed by atoms with Gasteiger partial charge in [-0.25, -0.2) is 58.6 Å². The summed E-state index contributed by atoms with van der Waals surface area (Å²) in [6.07, 6.45) is -58.4. The summed E-state index contributed by atoms with van der Waals surface area (Å²) in [5.41, 5.74) is -5.62. The van der Waals surface area contributed by atoms with Gasteiger partial charge in [0.1, 0.15) is 103 Å². The second-order valence-electron chi connectivity index (χ2n) is 22.7. The predicted octanol–water partition coefficient (Wildman–Crippen LogP) is -13.7. The second-order valence-corrected chi connectivity index (χ2v) is 39.9. The number of hydrogen-bond acceptors (Lipinski definition) is 52. The molecule has 0 saturated carbocycles. The first-order valence-electron chi connectivity index (χ1n) is 29.5. The quantitative estimate of drug-likeness (QED) is 0.0166. The normalized spacial score (nSPS) is 25.9. The number of nitrogens with one attached hydrogen (secondary N) is 2. The minimum Gasteiger partial charge on any atom is -0.356 e. The zero-order valence-electron chi connectivity index (χ0n) is 70.9. The summed E-state index contributed by atoms with van der Waals surface area (Å²) in [5.74, 6) is -2.47. The molecule has 0 aromatic heterocycles. The first kappa shape index (κ1) is 163. The summed E-state index contributed by atoms with van der Waals surface area (Å²) in [7, 11) is -85.7. The number of hydrogen-bond donors (Lipinski definition) is 16. The third kappa shape index (κ3) is 64.6. The fourth-order valence-corrected chi connectivity index (χ4v) is 18.8. The summed E-state index contributed by atoms with van der Waals surface area (Å²) in [6.45, 7) is -7.73. The van der Waals surface area contributed by atoms with Gasteiger partial charge in [0.15, 0.2) is 24.8 Å². The molecule has 14 radical (unpaired) electrons. The number of thioether (sulfide) groups is 2. The first-order valence-corrected chi connectivity index (χ1v) is 50.4. The van der Waals surface area contributed by atoms with E-state index >= 15 is 0 Å². The molecule has 0 aliphatic carbocycles. The van der Waals surface area contributed by atoms with Crippen molar-refractivity contribution in [1.29, 1.82) is 0 Å². The van der Waals surface area contributed by atoms with Crippen molar-refractivity contribution in [1.82, 2.24) is 0 Å². The van der Waals surface area contributed by atoms with E-state index in [1.807, 2.05) is 0 Å². The van der Waals surface area contributed by atoms with Crippen molar-refractivity contribution in [3.63, 3.8) is 0 Å². The van der Waals surface area contributed by atoms with Crippen molar-refractivity contribution in [2.45, 2.75) is 137 Å². The molecule has 2 aromatic carbocycles. The van der Waals surface area contributed by atoms with Gasteiger partial charge in [0.2, 0.25) is 11.8 Å². The average molecular weight is 2410 g/mol. The van der Waals surface area contributed by atoms with Crippen LogP contribution in [0.5, 0.6) is 0 Å². The van der Waals surface area contributed by atoms with Gasteiger partial charge < -0.3 is 39.1 Å². The van der Waals surface area contributed by atoms with Crippen molar-refractivity contribution in [3.05, 3.63) is 48.5 Å². The molecule has 2 aromatic rings. The van der Waals surface area contributed by atoms with E-state index in [1.54, 1.807) is 0 Å². The molecule has 0 unspecified atom stereocenters. The van der Waals surface area contributed by atoms with E-state index in [0.29, 0.717) is 0 Å². The van der Waals surface area contributed by atoms with Crippen LogP contribution < -0.4 is 10.6 Å². The van der Waals surface area contributed by atoms with Gasteiger partial charge in [0, 0.05) is 435 Å². The van der Waals surface area contributed by atoms with Crippen molar-refractivity contribution < 1.29 is 278 Å². The molecule has 16 N–H and O–H groups in total. The smallest absolute Gasteiger partial charge is 0.356 e. The third-order valence-electron chi connectivity index (χ3n) is 13.9. The van der Waals surface area contributed by atoms with Crippen LogP contribution in [-0.2, 0) is 242 Å². The van der Waals surface area contributed by atoms with Crippen LogP contribution in [-0.4, -0.2) is 755 Å². The van der Waals surface area contributed by atoms with Gasteiger partial charge in [-0.3, -0.25) is 73.3 Å². The summed E-state index contributed by atoms with van der Waals surface area (Å²) in [4.78, 5) is 25.8. The maximum atomic E-state index is 13.2. The molecule has 714 valence electrons. The van der Waals surface area contributed by atoms with Crippen LogP contribution >= 0.6 is 23.5 Å². The largest absolute Gasteiger partial charge is 0.397 e. The third-order valence-corrected chi connectivity index (χ3v) is 22.6. The van der Waals surface area contributed by atoms with Gasteiger partial charge in [-0.2, -0.15) is 118 Å². The van der Waals surface area contributed by atoms with Crippen LogP contribution in [0.4, 0.5) is 11.4 Å². The van der Waals surface area contributed by atoms with E-state index in [-0.39, 0.29) is 458 Å². The Morgan fingerprint density at radius 1 is 0.244 bits per heavy atom. The topological polar surface area (TPSA) is 1000 Å². The van der Waals surface area contributed by atoms with Gasteiger partial charge >= 0.3 is 146 Å². The fraction of sp³-hybridized carbons (Fsp3) is 0.641. The first-order chi connectivity index (χ1) is 54.4. The van der Waals surface area contributed by atoms with Gasteiger partial charge in [-0.1, -0.05) is 23.5 Å². The Balaban J connectivity index is -0.00000162. The minimum atomic E-state index is -6.31. The van der Waals surface area contributed by atoms with Gasteiger partial charge in [0.05, 0.1) is 26.4 Å². The van der Waals surface area contributed by atoms with E-state index in [1.165, 1.54) is 0 Å². The molecule has 4 saturated heterocycles.